The van der Waals surface area contributed by atoms with Crippen LogP contribution >= 0.6 is 23.4 Å². The Bertz CT molecular complexity index is 1670. The normalized spacial score (nSPS) is 19.2. The molecule has 2 N–H and O–H groups in total. The Balaban J connectivity index is 1.08. The van der Waals surface area contributed by atoms with Crippen LogP contribution in [0, 0.1) is 0 Å². The maximum Gasteiger partial charge on any atom is 0.234 e. The number of hydrogen-bond acceptors (Lipinski definition) is 7. The summed E-state index contributed by atoms with van der Waals surface area (Å²) in [6.45, 7) is 0. The van der Waals surface area contributed by atoms with Crippen LogP contribution in [0.1, 0.15) is 86.0 Å². The Hall–Kier alpha value is -3.62. The van der Waals surface area contributed by atoms with Gasteiger partial charge >= 0.3 is 0 Å². The van der Waals surface area contributed by atoms with Crippen molar-refractivity contribution in [2.45, 2.75) is 92.4 Å². The molecule has 1 heterocycles. The summed E-state index contributed by atoms with van der Waals surface area (Å²) < 4.78 is 0. The van der Waals surface area contributed by atoms with Crippen molar-refractivity contribution < 1.29 is 9.59 Å². The molecule has 6 rings (SSSR count). The van der Waals surface area contributed by atoms with Gasteiger partial charge in [-0.25, -0.2) is 4.98 Å². The summed E-state index contributed by atoms with van der Waals surface area (Å²) in [5.74, 6) is 2.00. The number of carbonyl (C=O) groups excluding carboxylic acids is 2. The van der Waals surface area contributed by atoms with E-state index in [-0.39, 0.29) is 30.2 Å². The van der Waals surface area contributed by atoms with Gasteiger partial charge in [-0.15, -0.1) is 11.8 Å². The number of thioether (sulfide) groups is 1. The molecule has 0 saturated heterocycles. The molecule has 9 heteroatoms. The van der Waals surface area contributed by atoms with E-state index in [2.05, 4.69) is 22.8 Å². The molecule has 246 valence electrons. The zero-order valence-electron chi connectivity index (χ0n) is 27.3. The SMILES string of the molecule is CN(C)c1nc(N[C@H]2CC[C@@H](NC(=O)C(CC(=O)c3ccc(C4CCCCC4)cc3)Sc3ccc(Cl)cc3)CC2)nc2ccccc12. The number of hydrogen-bond donors (Lipinski definition) is 2. The summed E-state index contributed by atoms with van der Waals surface area (Å²) in [4.78, 5) is 39.8. The van der Waals surface area contributed by atoms with Gasteiger partial charge in [-0.05, 0) is 86.4 Å². The topological polar surface area (TPSA) is 87.2 Å². The number of nitrogens with zero attached hydrogens (tertiary/aromatic N) is 3. The second-order valence-corrected chi connectivity index (χ2v) is 14.8. The Labute approximate surface area is 287 Å². The lowest BCUT2D eigenvalue weighted by Crippen LogP contribution is -2.44. The van der Waals surface area contributed by atoms with Gasteiger partial charge in [-0.1, -0.05) is 67.3 Å². The molecule has 2 fully saturated rings. The Kier molecular flexibility index (Phi) is 11.0. The van der Waals surface area contributed by atoms with Gasteiger partial charge in [-0.3, -0.25) is 9.59 Å². The summed E-state index contributed by atoms with van der Waals surface area (Å²) in [5.41, 5.74) is 2.90. The molecule has 2 aliphatic rings. The summed E-state index contributed by atoms with van der Waals surface area (Å²) in [6, 6.07) is 23.9. The van der Waals surface area contributed by atoms with Crippen LogP contribution < -0.4 is 15.5 Å². The van der Waals surface area contributed by atoms with E-state index < -0.39 is 5.25 Å². The average Bonchev–Trinajstić information content (AvgIpc) is 3.09. The number of para-hydroxylation sites is 1. The lowest BCUT2D eigenvalue weighted by atomic mass is 9.84. The monoisotopic (exact) mass is 669 g/mol. The first-order chi connectivity index (χ1) is 22.8. The number of benzene rings is 3. The molecule has 1 atom stereocenters. The predicted molar refractivity (Wildman–Crippen MR) is 194 cm³/mol. The maximum absolute atomic E-state index is 13.8. The zero-order chi connectivity index (χ0) is 32.8. The maximum atomic E-state index is 13.8. The van der Waals surface area contributed by atoms with E-state index in [1.807, 2.05) is 79.7 Å². The van der Waals surface area contributed by atoms with Crippen molar-refractivity contribution >= 4 is 57.7 Å². The fraction of sp³-hybridized carbons (Fsp3) is 0.421. The van der Waals surface area contributed by atoms with Crippen molar-refractivity contribution in [2.75, 3.05) is 24.3 Å². The molecule has 0 aliphatic heterocycles. The van der Waals surface area contributed by atoms with Crippen LogP contribution in [-0.4, -0.2) is 53.1 Å². The van der Waals surface area contributed by atoms with Crippen LogP contribution in [0.3, 0.4) is 0 Å². The van der Waals surface area contributed by atoms with Crippen molar-refractivity contribution in [1.29, 1.82) is 0 Å². The number of anilines is 2. The summed E-state index contributed by atoms with van der Waals surface area (Å²) in [5, 5.41) is 7.95. The third kappa shape index (κ3) is 8.65. The van der Waals surface area contributed by atoms with Gasteiger partial charge in [0.05, 0.1) is 10.8 Å². The van der Waals surface area contributed by atoms with Gasteiger partial charge < -0.3 is 15.5 Å². The van der Waals surface area contributed by atoms with Crippen molar-refractivity contribution in [3.05, 3.63) is 88.9 Å². The number of rotatable bonds is 11. The first-order valence-electron chi connectivity index (χ1n) is 16.9. The van der Waals surface area contributed by atoms with Gasteiger partial charge in [0.1, 0.15) is 5.82 Å². The van der Waals surface area contributed by atoms with Gasteiger partial charge in [-0.2, -0.15) is 4.98 Å². The predicted octanol–water partition coefficient (Wildman–Crippen LogP) is 8.67. The Morgan fingerprint density at radius 2 is 1.53 bits per heavy atom. The van der Waals surface area contributed by atoms with Gasteiger partial charge in [0.2, 0.25) is 11.9 Å². The molecule has 0 radical (unpaired) electrons. The second kappa shape index (κ2) is 15.5. The van der Waals surface area contributed by atoms with Crippen molar-refractivity contribution in [2.24, 2.45) is 0 Å². The second-order valence-electron chi connectivity index (χ2n) is 13.1. The van der Waals surface area contributed by atoms with Crippen LogP contribution in [0.2, 0.25) is 5.02 Å². The molecule has 1 unspecified atom stereocenters. The number of aromatic nitrogens is 2. The number of ketones is 1. The van der Waals surface area contributed by atoms with E-state index in [0.29, 0.717) is 22.5 Å². The standard InChI is InChI=1S/C38H44ClN5O2S/c1-44(2)36-32-10-6-7-11-33(32)42-38(43-36)41-30-20-18-29(19-21-30)40-37(46)35(47-31-22-16-28(39)17-23-31)24-34(45)27-14-12-26(13-15-27)25-8-4-3-5-9-25/h6-7,10-17,22-23,25,29-30,35H,3-5,8-9,18-21,24H2,1-2H3,(H,40,46)(H,41,42,43)/t29-,30+,35?. The van der Waals surface area contributed by atoms with E-state index in [4.69, 9.17) is 21.6 Å². The summed E-state index contributed by atoms with van der Waals surface area (Å²) in [6.07, 6.45) is 9.90. The van der Waals surface area contributed by atoms with E-state index in [1.165, 1.54) is 49.4 Å². The lowest BCUT2D eigenvalue weighted by molar-refractivity contribution is -0.121. The molecule has 7 nitrogen and oxygen atoms in total. The van der Waals surface area contributed by atoms with Crippen molar-refractivity contribution in [3.8, 4) is 0 Å². The highest BCUT2D eigenvalue weighted by Crippen LogP contribution is 2.34. The number of fused-ring (bicyclic) bond motifs is 1. The highest BCUT2D eigenvalue weighted by molar-refractivity contribution is 8.00. The fourth-order valence-corrected chi connectivity index (χ4v) is 8.01. The third-order valence-corrected chi connectivity index (χ3v) is 10.9. The average molecular weight is 670 g/mol. The molecule has 47 heavy (non-hydrogen) atoms. The highest BCUT2D eigenvalue weighted by Gasteiger charge is 2.29. The van der Waals surface area contributed by atoms with Crippen LogP contribution in [-0.2, 0) is 4.79 Å². The van der Waals surface area contributed by atoms with Gasteiger partial charge in [0, 0.05) is 53.5 Å². The Morgan fingerprint density at radius 1 is 0.851 bits per heavy atom. The van der Waals surface area contributed by atoms with E-state index in [1.54, 1.807) is 0 Å². The van der Waals surface area contributed by atoms with Crippen LogP contribution in [0.25, 0.3) is 10.9 Å². The number of Topliss-reactive ketones (excluding diaryl/α,β-unsaturated/α-hetero) is 1. The molecule has 0 bridgehead atoms. The fourth-order valence-electron chi connectivity index (χ4n) is 6.85. The molecule has 0 spiro atoms. The lowest BCUT2D eigenvalue weighted by Gasteiger charge is -2.31. The smallest absolute Gasteiger partial charge is 0.234 e. The summed E-state index contributed by atoms with van der Waals surface area (Å²) >= 11 is 7.55. The quantitative estimate of drug-likeness (QED) is 0.122. The molecule has 1 amide bonds. The third-order valence-electron chi connectivity index (χ3n) is 9.48. The Morgan fingerprint density at radius 3 is 2.23 bits per heavy atom. The summed E-state index contributed by atoms with van der Waals surface area (Å²) in [7, 11) is 3.98. The first kappa shape index (κ1) is 33.3. The van der Waals surface area contributed by atoms with Gasteiger partial charge in [0.25, 0.3) is 0 Å². The molecule has 3 aromatic carbocycles. The first-order valence-corrected chi connectivity index (χ1v) is 18.1. The number of halogens is 1. The van der Waals surface area contributed by atoms with Crippen LogP contribution in [0.4, 0.5) is 11.8 Å². The van der Waals surface area contributed by atoms with Crippen LogP contribution in [0.5, 0.6) is 0 Å². The van der Waals surface area contributed by atoms with Crippen molar-refractivity contribution in [3.63, 3.8) is 0 Å². The number of amides is 1. The minimum absolute atomic E-state index is 0.0119. The molecule has 4 aromatic rings. The van der Waals surface area contributed by atoms with Crippen LogP contribution in [0.15, 0.2) is 77.7 Å². The molecule has 1 aromatic heterocycles. The minimum atomic E-state index is -0.548. The molecule has 2 aliphatic carbocycles. The van der Waals surface area contributed by atoms with E-state index in [0.717, 1.165) is 47.3 Å². The highest BCUT2D eigenvalue weighted by atomic mass is 35.5. The van der Waals surface area contributed by atoms with Crippen molar-refractivity contribution in [1.82, 2.24) is 15.3 Å². The minimum Gasteiger partial charge on any atom is -0.362 e. The number of carbonyl (C=O) groups is 2. The van der Waals surface area contributed by atoms with E-state index >= 15 is 0 Å². The molecular weight excluding hydrogens is 626 g/mol. The van der Waals surface area contributed by atoms with E-state index in [9.17, 15) is 9.59 Å². The molecule has 2 saturated carbocycles. The van der Waals surface area contributed by atoms with Gasteiger partial charge in [0.15, 0.2) is 5.78 Å². The zero-order valence-corrected chi connectivity index (χ0v) is 28.8. The molecular formula is C38H44ClN5O2S. The largest absolute Gasteiger partial charge is 0.362 e. The number of nitrogens with one attached hydrogen (secondary N) is 2.